The van der Waals surface area contributed by atoms with Crippen molar-refractivity contribution in [3.63, 3.8) is 0 Å². The number of nitrogens with zero attached hydrogens (tertiary/aromatic N) is 3. The van der Waals surface area contributed by atoms with Gasteiger partial charge in [0, 0.05) is 7.11 Å². The summed E-state index contributed by atoms with van der Waals surface area (Å²) in [4.78, 5) is 11.2. The molecule has 0 aliphatic heterocycles. The molecule has 1 N–H and O–H groups in total. The van der Waals surface area contributed by atoms with Crippen molar-refractivity contribution in [1.29, 1.82) is 5.26 Å². The minimum atomic E-state index is -1.16. The molecule has 0 amide bonds. The van der Waals surface area contributed by atoms with Crippen LogP contribution in [0.2, 0.25) is 5.15 Å². The summed E-state index contributed by atoms with van der Waals surface area (Å²) in [5.41, 5.74) is 1.22. The normalized spacial score (nSPS) is 10.2. The lowest BCUT2D eigenvalue weighted by Gasteiger charge is -2.02. The Morgan fingerprint density at radius 1 is 1.50 bits per heavy atom. The molecule has 0 aliphatic carbocycles. The Morgan fingerprint density at radius 2 is 2.15 bits per heavy atom. The number of carbonyl (C=O) groups is 1. The molecule has 0 unspecified atom stereocenters. The molecule has 2 rings (SSSR count). The van der Waals surface area contributed by atoms with Crippen molar-refractivity contribution in [2.24, 2.45) is 0 Å². The van der Waals surface area contributed by atoms with Gasteiger partial charge in [-0.1, -0.05) is 11.6 Å². The van der Waals surface area contributed by atoms with Crippen LogP contribution in [0, 0.1) is 11.3 Å². The Morgan fingerprint density at radius 3 is 2.65 bits per heavy atom. The molecular formula is C13H10ClN3O3. The van der Waals surface area contributed by atoms with E-state index in [9.17, 15) is 9.90 Å². The lowest BCUT2D eigenvalue weighted by Crippen LogP contribution is -2.01. The van der Waals surface area contributed by atoms with E-state index in [1.807, 2.05) is 6.07 Å². The standard InChI is InChI=1S/C13H10ClN3O3/c1-20-7-10-11(13(18)19)12(14)17(16-10)9-4-2-8(6-15)3-5-9/h2-5H,7H2,1H3,(H,18,19). The van der Waals surface area contributed by atoms with Crippen molar-refractivity contribution in [2.75, 3.05) is 7.11 Å². The van der Waals surface area contributed by atoms with Crippen molar-refractivity contribution in [2.45, 2.75) is 6.61 Å². The topological polar surface area (TPSA) is 88.1 Å². The molecule has 0 spiro atoms. The molecule has 1 aromatic heterocycles. The van der Waals surface area contributed by atoms with Crippen molar-refractivity contribution in [3.8, 4) is 11.8 Å². The van der Waals surface area contributed by atoms with E-state index < -0.39 is 5.97 Å². The highest BCUT2D eigenvalue weighted by Gasteiger charge is 2.22. The van der Waals surface area contributed by atoms with Gasteiger partial charge in [0.2, 0.25) is 0 Å². The number of halogens is 1. The molecule has 0 fully saturated rings. The second-order valence-electron chi connectivity index (χ2n) is 3.92. The van der Waals surface area contributed by atoms with Crippen LogP contribution in [0.5, 0.6) is 0 Å². The Bertz CT molecular complexity index is 686. The number of hydrogen-bond donors (Lipinski definition) is 1. The summed E-state index contributed by atoms with van der Waals surface area (Å²) < 4.78 is 6.22. The monoisotopic (exact) mass is 291 g/mol. The van der Waals surface area contributed by atoms with Crippen LogP contribution in [-0.4, -0.2) is 28.0 Å². The van der Waals surface area contributed by atoms with Crippen molar-refractivity contribution < 1.29 is 14.6 Å². The molecule has 102 valence electrons. The fourth-order valence-corrected chi connectivity index (χ4v) is 2.06. The average Bonchev–Trinajstić information content (AvgIpc) is 2.76. The Kier molecular flexibility index (Phi) is 4.03. The third-order valence-electron chi connectivity index (χ3n) is 2.64. The first-order chi connectivity index (χ1) is 9.58. The fraction of sp³-hybridized carbons (Fsp3) is 0.154. The van der Waals surface area contributed by atoms with Crippen molar-refractivity contribution >= 4 is 17.6 Å². The Hall–Kier alpha value is -2.36. The Balaban J connectivity index is 2.54. The lowest BCUT2D eigenvalue weighted by molar-refractivity contribution is 0.0692. The third-order valence-corrected chi connectivity index (χ3v) is 2.99. The van der Waals surface area contributed by atoms with Crippen molar-refractivity contribution in [1.82, 2.24) is 9.78 Å². The number of carboxylic acid groups (broad SMARTS) is 1. The zero-order valence-electron chi connectivity index (χ0n) is 10.5. The zero-order valence-corrected chi connectivity index (χ0v) is 11.3. The van der Waals surface area contributed by atoms with Gasteiger partial charge in [-0.3, -0.25) is 0 Å². The van der Waals surface area contributed by atoms with Gasteiger partial charge in [0.05, 0.1) is 23.9 Å². The maximum Gasteiger partial charge on any atom is 0.340 e. The van der Waals surface area contributed by atoms with Crippen LogP contribution in [0.1, 0.15) is 21.6 Å². The van der Waals surface area contributed by atoms with Crippen LogP contribution in [-0.2, 0) is 11.3 Å². The largest absolute Gasteiger partial charge is 0.478 e. The summed E-state index contributed by atoms with van der Waals surface area (Å²) in [6.07, 6.45) is 0. The second kappa shape index (κ2) is 5.74. The number of aromatic carboxylic acids is 1. The zero-order chi connectivity index (χ0) is 14.7. The van der Waals surface area contributed by atoms with Gasteiger partial charge < -0.3 is 9.84 Å². The van der Waals surface area contributed by atoms with E-state index in [4.69, 9.17) is 21.6 Å². The first-order valence-electron chi connectivity index (χ1n) is 5.58. The maximum absolute atomic E-state index is 11.2. The van der Waals surface area contributed by atoms with E-state index in [2.05, 4.69) is 5.10 Å². The molecule has 7 heteroatoms. The van der Waals surface area contributed by atoms with Gasteiger partial charge in [-0.05, 0) is 24.3 Å². The molecule has 20 heavy (non-hydrogen) atoms. The predicted octanol–water partition coefficient (Wildman–Crippen LogP) is 2.24. The molecule has 0 saturated carbocycles. The molecule has 0 aliphatic rings. The van der Waals surface area contributed by atoms with Crippen LogP contribution in [0.4, 0.5) is 0 Å². The van der Waals surface area contributed by atoms with Crippen LogP contribution >= 0.6 is 11.6 Å². The number of methoxy groups -OCH3 is 1. The summed E-state index contributed by atoms with van der Waals surface area (Å²) in [5, 5.41) is 22.1. The van der Waals surface area contributed by atoms with Gasteiger partial charge in [0.15, 0.2) is 0 Å². The van der Waals surface area contributed by atoms with E-state index in [1.54, 1.807) is 24.3 Å². The molecule has 0 saturated heterocycles. The van der Waals surface area contributed by atoms with Crippen LogP contribution in [0.25, 0.3) is 5.69 Å². The van der Waals surface area contributed by atoms with Crippen LogP contribution < -0.4 is 0 Å². The van der Waals surface area contributed by atoms with Gasteiger partial charge in [-0.25, -0.2) is 9.48 Å². The van der Waals surface area contributed by atoms with Gasteiger partial charge in [-0.2, -0.15) is 10.4 Å². The number of ether oxygens (including phenoxy) is 1. The summed E-state index contributed by atoms with van der Waals surface area (Å²) in [6.45, 7) is 0.0463. The number of benzene rings is 1. The summed E-state index contributed by atoms with van der Waals surface area (Å²) in [6, 6.07) is 8.48. The molecule has 1 aromatic carbocycles. The third kappa shape index (κ3) is 2.50. The summed E-state index contributed by atoms with van der Waals surface area (Å²) >= 11 is 6.07. The van der Waals surface area contributed by atoms with Gasteiger partial charge in [-0.15, -0.1) is 0 Å². The predicted molar refractivity (Wildman–Crippen MR) is 71.0 cm³/mol. The number of carboxylic acids is 1. The molecule has 0 radical (unpaired) electrons. The molecule has 0 bridgehead atoms. The van der Waals surface area contributed by atoms with Crippen LogP contribution in [0.3, 0.4) is 0 Å². The number of aromatic nitrogens is 2. The smallest absolute Gasteiger partial charge is 0.340 e. The molecular weight excluding hydrogens is 282 g/mol. The molecule has 2 aromatic rings. The van der Waals surface area contributed by atoms with E-state index in [-0.39, 0.29) is 23.0 Å². The van der Waals surface area contributed by atoms with E-state index in [1.165, 1.54) is 11.8 Å². The number of rotatable bonds is 4. The highest BCUT2D eigenvalue weighted by molar-refractivity contribution is 6.32. The minimum Gasteiger partial charge on any atom is -0.478 e. The number of nitriles is 1. The quantitative estimate of drug-likeness (QED) is 0.933. The lowest BCUT2D eigenvalue weighted by atomic mass is 10.2. The SMILES string of the molecule is COCc1nn(-c2ccc(C#N)cc2)c(Cl)c1C(=O)O. The van der Waals surface area contributed by atoms with Crippen molar-refractivity contribution in [3.05, 3.63) is 46.2 Å². The van der Waals surface area contributed by atoms with E-state index >= 15 is 0 Å². The van der Waals surface area contributed by atoms with E-state index in [0.717, 1.165) is 0 Å². The maximum atomic E-state index is 11.2. The summed E-state index contributed by atoms with van der Waals surface area (Å²) in [7, 11) is 1.44. The second-order valence-corrected chi connectivity index (χ2v) is 4.28. The number of hydrogen-bond acceptors (Lipinski definition) is 4. The Labute approximate surface area is 119 Å². The van der Waals surface area contributed by atoms with Gasteiger partial charge in [0.1, 0.15) is 16.4 Å². The van der Waals surface area contributed by atoms with E-state index in [0.29, 0.717) is 11.3 Å². The average molecular weight is 292 g/mol. The molecule has 6 nitrogen and oxygen atoms in total. The van der Waals surface area contributed by atoms with Crippen LogP contribution in [0.15, 0.2) is 24.3 Å². The fourth-order valence-electron chi connectivity index (χ4n) is 1.74. The summed E-state index contributed by atoms with van der Waals surface area (Å²) in [5.74, 6) is -1.16. The molecule has 0 atom stereocenters. The van der Waals surface area contributed by atoms with Gasteiger partial charge >= 0.3 is 5.97 Å². The first kappa shape index (κ1) is 14.1. The highest BCUT2D eigenvalue weighted by atomic mass is 35.5. The molecule has 1 heterocycles. The highest BCUT2D eigenvalue weighted by Crippen LogP contribution is 2.24. The first-order valence-corrected chi connectivity index (χ1v) is 5.96. The minimum absolute atomic E-state index is 0.00532. The van der Waals surface area contributed by atoms with Gasteiger partial charge in [0.25, 0.3) is 0 Å².